The summed E-state index contributed by atoms with van der Waals surface area (Å²) in [5.74, 6) is 1.02. The molecule has 0 aliphatic heterocycles. The molecule has 3 aromatic rings. The van der Waals surface area contributed by atoms with Gasteiger partial charge in [-0.05, 0) is 55.9 Å². The number of benzene rings is 2. The Kier molecular flexibility index (Phi) is 7.13. The second kappa shape index (κ2) is 10.4. The molecule has 2 aromatic carbocycles. The predicted molar refractivity (Wildman–Crippen MR) is 130 cm³/mol. The van der Waals surface area contributed by atoms with E-state index in [-0.39, 0.29) is 17.5 Å². The van der Waals surface area contributed by atoms with E-state index >= 15 is 0 Å². The van der Waals surface area contributed by atoms with Crippen molar-refractivity contribution in [3.63, 3.8) is 0 Å². The Labute approximate surface area is 194 Å². The van der Waals surface area contributed by atoms with Crippen molar-refractivity contribution >= 4 is 17.5 Å². The highest BCUT2D eigenvalue weighted by Gasteiger charge is 2.19. The van der Waals surface area contributed by atoms with E-state index in [1.807, 2.05) is 42.5 Å². The average Bonchev–Trinajstić information content (AvgIpc) is 2.84. The molecular weight excluding hydrogens is 412 g/mol. The maximum absolute atomic E-state index is 12.7. The van der Waals surface area contributed by atoms with Crippen LogP contribution in [0.25, 0.3) is 11.3 Å². The fourth-order valence-corrected chi connectivity index (χ4v) is 4.18. The number of rotatable bonds is 6. The molecule has 1 aliphatic rings. The number of aromatic nitrogens is 2. The molecule has 2 amide bonds. The number of hydrogen-bond acceptors (Lipinski definition) is 4. The molecule has 6 nitrogen and oxygen atoms in total. The van der Waals surface area contributed by atoms with E-state index in [1.165, 1.54) is 25.7 Å². The normalized spacial score (nSPS) is 17.9. The van der Waals surface area contributed by atoms with E-state index in [9.17, 15) is 9.59 Å². The first-order valence-corrected chi connectivity index (χ1v) is 11.6. The van der Waals surface area contributed by atoms with Gasteiger partial charge >= 0.3 is 0 Å². The second-order valence-electron chi connectivity index (χ2n) is 8.92. The molecule has 0 unspecified atom stereocenters. The van der Waals surface area contributed by atoms with Crippen LogP contribution in [-0.2, 0) is 0 Å². The van der Waals surface area contributed by atoms with Gasteiger partial charge in [0.05, 0.1) is 17.6 Å². The van der Waals surface area contributed by atoms with Crippen molar-refractivity contribution in [2.24, 2.45) is 11.8 Å². The maximum atomic E-state index is 12.7. The summed E-state index contributed by atoms with van der Waals surface area (Å²) >= 11 is 0. The lowest BCUT2D eigenvalue weighted by atomic mass is 9.83. The average molecular weight is 443 g/mol. The van der Waals surface area contributed by atoms with Crippen LogP contribution >= 0.6 is 0 Å². The molecule has 0 saturated heterocycles. The Bertz CT molecular complexity index is 1100. The molecule has 1 saturated carbocycles. The van der Waals surface area contributed by atoms with E-state index in [0.29, 0.717) is 28.6 Å². The van der Waals surface area contributed by atoms with Crippen LogP contribution in [0.4, 0.5) is 5.69 Å². The zero-order chi connectivity index (χ0) is 23.2. The Morgan fingerprint density at radius 2 is 1.64 bits per heavy atom. The van der Waals surface area contributed by atoms with Gasteiger partial charge in [0.1, 0.15) is 5.69 Å². The van der Waals surface area contributed by atoms with Crippen molar-refractivity contribution in [2.45, 2.75) is 39.5 Å². The molecule has 0 bridgehead atoms. The van der Waals surface area contributed by atoms with E-state index < -0.39 is 0 Å². The minimum Gasteiger partial charge on any atom is -0.352 e. The van der Waals surface area contributed by atoms with Crippen molar-refractivity contribution in [3.05, 3.63) is 77.7 Å². The molecule has 1 fully saturated rings. The fraction of sp³-hybridized carbons (Fsp3) is 0.333. The Hall–Kier alpha value is -3.54. The lowest BCUT2D eigenvalue weighted by Gasteiger charge is -2.26. The summed E-state index contributed by atoms with van der Waals surface area (Å²) in [4.78, 5) is 34.2. The van der Waals surface area contributed by atoms with Gasteiger partial charge in [-0.1, -0.05) is 50.1 Å². The van der Waals surface area contributed by atoms with Crippen LogP contribution in [0.1, 0.15) is 59.1 Å². The summed E-state index contributed by atoms with van der Waals surface area (Å²) in [7, 11) is 0. The first-order chi connectivity index (χ1) is 16.0. The molecule has 0 spiro atoms. The molecule has 33 heavy (non-hydrogen) atoms. The zero-order valence-electron chi connectivity index (χ0n) is 19.2. The molecule has 1 aliphatic carbocycles. The van der Waals surface area contributed by atoms with Gasteiger partial charge in [0.15, 0.2) is 0 Å². The van der Waals surface area contributed by atoms with E-state index in [1.54, 1.807) is 25.3 Å². The Balaban J connectivity index is 1.41. The number of amides is 2. The van der Waals surface area contributed by atoms with Gasteiger partial charge in [-0.15, -0.1) is 0 Å². The third-order valence-electron chi connectivity index (χ3n) is 6.33. The van der Waals surface area contributed by atoms with Crippen molar-refractivity contribution in [1.82, 2.24) is 15.3 Å². The molecule has 6 heteroatoms. The van der Waals surface area contributed by atoms with Crippen molar-refractivity contribution < 1.29 is 9.59 Å². The van der Waals surface area contributed by atoms with Crippen molar-refractivity contribution in [3.8, 4) is 11.3 Å². The van der Waals surface area contributed by atoms with E-state index in [0.717, 1.165) is 18.0 Å². The third kappa shape index (κ3) is 5.83. The van der Waals surface area contributed by atoms with Crippen LogP contribution in [-0.4, -0.2) is 28.3 Å². The zero-order valence-corrected chi connectivity index (χ0v) is 19.2. The minimum absolute atomic E-state index is 0.0573. The van der Waals surface area contributed by atoms with Crippen LogP contribution in [0.15, 0.2) is 60.8 Å². The Morgan fingerprint density at radius 3 is 2.33 bits per heavy atom. The lowest BCUT2D eigenvalue weighted by molar-refractivity contribution is 0.0941. The van der Waals surface area contributed by atoms with Crippen LogP contribution in [0.2, 0.25) is 0 Å². The summed E-state index contributed by atoms with van der Waals surface area (Å²) in [5, 5.41) is 5.93. The number of carbonyl (C=O) groups is 2. The number of nitrogens with zero attached hydrogens (tertiary/aromatic N) is 2. The number of nitrogens with one attached hydrogen (secondary N) is 2. The van der Waals surface area contributed by atoms with Gasteiger partial charge < -0.3 is 10.6 Å². The highest BCUT2D eigenvalue weighted by molar-refractivity contribution is 6.03. The van der Waals surface area contributed by atoms with Gasteiger partial charge in [-0.25, -0.2) is 4.98 Å². The summed E-state index contributed by atoms with van der Waals surface area (Å²) < 4.78 is 0. The monoisotopic (exact) mass is 442 g/mol. The molecule has 0 atom stereocenters. The minimum atomic E-state index is -0.304. The third-order valence-corrected chi connectivity index (χ3v) is 6.33. The van der Waals surface area contributed by atoms with E-state index in [4.69, 9.17) is 0 Å². The highest BCUT2D eigenvalue weighted by atomic mass is 16.2. The largest absolute Gasteiger partial charge is 0.352 e. The van der Waals surface area contributed by atoms with E-state index in [2.05, 4.69) is 27.5 Å². The number of para-hydroxylation sites is 1. The quantitative estimate of drug-likeness (QED) is 0.545. The molecule has 1 aromatic heterocycles. The summed E-state index contributed by atoms with van der Waals surface area (Å²) in [5.41, 5.74) is 3.54. The first-order valence-electron chi connectivity index (χ1n) is 11.6. The first kappa shape index (κ1) is 22.6. The van der Waals surface area contributed by atoms with Crippen molar-refractivity contribution in [1.29, 1.82) is 0 Å². The SMILES string of the molecule is Cc1ncc(-c2ccc(C(=O)NCC3CCC(C)CC3)cc2)nc1C(=O)Nc1ccccc1. The molecular formula is C27H30N4O2. The molecule has 0 radical (unpaired) electrons. The number of carbonyl (C=O) groups excluding carboxylic acids is 2. The summed E-state index contributed by atoms with van der Waals surface area (Å²) in [6, 6.07) is 16.5. The fourth-order valence-electron chi connectivity index (χ4n) is 4.18. The van der Waals surface area contributed by atoms with Crippen molar-refractivity contribution in [2.75, 3.05) is 11.9 Å². The number of anilines is 1. The highest BCUT2D eigenvalue weighted by Crippen LogP contribution is 2.27. The van der Waals surface area contributed by atoms with Crippen LogP contribution in [0, 0.1) is 18.8 Å². The molecule has 4 rings (SSSR count). The predicted octanol–water partition coefficient (Wildman–Crippen LogP) is 5.26. The van der Waals surface area contributed by atoms with Crippen LogP contribution in [0.5, 0.6) is 0 Å². The maximum Gasteiger partial charge on any atom is 0.276 e. The topological polar surface area (TPSA) is 84.0 Å². The summed E-state index contributed by atoms with van der Waals surface area (Å²) in [6.07, 6.45) is 6.52. The van der Waals surface area contributed by atoms with Gasteiger partial charge in [-0.2, -0.15) is 0 Å². The molecule has 2 N–H and O–H groups in total. The van der Waals surface area contributed by atoms with Gasteiger partial charge in [0.25, 0.3) is 11.8 Å². The second-order valence-corrected chi connectivity index (χ2v) is 8.92. The molecule has 1 heterocycles. The number of hydrogen-bond donors (Lipinski definition) is 2. The lowest BCUT2D eigenvalue weighted by Crippen LogP contribution is -2.31. The van der Waals surface area contributed by atoms with Gasteiger partial charge in [0, 0.05) is 23.4 Å². The van der Waals surface area contributed by atoms with Crippen LogP contribution < -0.4 is 10.6 Å². The van der Waals surface area contributed by atoms with Gasteiger partial charge in [0.2, 0.25) is 0 Å². The standard InChI is InChI=1S/C27H30N4O2/c1-18-8-10-20(11-9-18)16-29-26(32)22-14-12-21(13-15-22)24-17-28-19(2)25(31-24)27(33)30-23-6-4-3-5-7-23/h3-7,12-15,17-18,20H,8-11,16H2,1-2H3,(H,29,32)(H,30,33). The molecule has 170 valence electrons. The summed E-state index contributed by atoms with van der Waals surface area (Å²) in [6.45, 7) is 4.79. The van der Waals surface area contributed by atoms with Gasteiger partial charge in [-0.3, -0.25) is 14.6 Å². The Morgan fingerprint density at radius 1 is 0.939 bits per heavy atom. The van der Waals surface area contributed by atoms with Crippen LogP contribution in [0.3, 0.4) is 0 Å². The number of aryl methyl sites for hydroxylation is 1. The smallest absolute Gasteiger partial charge is 0.276 e.